The van der Waals surface area contributed by atoms with Crippen molar-refractivity contribution in [2.75, 3.05) is 0 Å². The molecule has 0 amide bonds. The zero-order valence-corrected chi connectivity index (χ0v) is 13.3. The summed E-state index contributed by atoms with van der Waals surface area (Å²) in [5, 5.41) is 20.6. The van der Waals surface area contributed by atoms with E-state index < -0.39 is 13.4 Å². The Kier molecular flexibility index (Phi) is 4.44. The van der Waals surface area contributed by atoms with E-state index in [2.05, 4.69) is 0 Å². The van der Waals surface area contributed by atoms with E-state index in [0.29, 0.717) is 10.9 Å². The summed E-state index contributed by atoms with van der Waals surface area (Å²) >= 11 is 0. The lowest BCUT2D eigenvalue weighted by molar-refractivity contribution is -0.0424. The Morgan fingerprint density at radius 3 is 1.39 bits per heavy atom. The molecular formula is C19H17O3P. The number of hydrogen-bond donors (Lipinski definition) is 2. The van der Waals surface area contributed by atoms with Crippen LogP contribution in [0.2, 0.25) is 0 Å². The summed E-state index contributed by atoms with van der Waals surface area (Å²) in [5.74, 6) is 0. The maximum Gasteiger partial charge on any atom is 0.178 e. The van der Waals surface area contributed by atoms with Crippen LogP contribution in [0.5, 0.6) is 0 Å². The fourth-order valence-electron chi connectivity index (χ4n) is 2.58. The van der Waals surface area contributed by atoms with Crippen molar-refractivity contribution in [2.24, 2.45) is 0 Å². The van der Waals surface area contributed by atoms with Crippen LogP contribution in [0.25, 0.3) is 0 Å². The summed E-state index contributed by atoms with van der Waals surface area (Å²) in [5.41, 5.74) is 0.376. The summed E-state index contributed by atoms with van der Waals surface area (Å²) in [6.45, 7) is 0. The van der Waals surface area contributed by atoms with Crippen molar-refractivity contribution in [3.05, 3.63) is 90.5 Å². The molecule has 0 aliphatic heterocycles. The van der Waals surface area contributed by atoms with Gasteiger partial charge in [-0.25, -0.2) is 0 Å². The second-order valence-electron chi connectivity index (χ2n) is 5.25. The van der Waals surface area contributed by atoms with Gasteiger partial charge in [0.1, 0.15) is 0 Å². The minimum Gasteiger partial charge on any atom is -0.364 e. The fourth-order valence-corrected chi connectivity index (χ4v) is 5.23. The molecule has 0 heterocycles. The molecule has 0 aromatic heterocycles. The van der Waals surface area contributed by atoms with Gasteiger partial charge in [0.05, 0.1) is 0 Å². The molecule has 0 saturated heterocycles. The molecule has 0 radical (unpaired) electrons. The van der Waals surface area contributed by atoms with Gasteiger partial charge in [-0.05, 0) is 0 Å². The molecular weight excluding hydrogens is 307 g/mol. The topological polar surface area (TPSA) is 57.5 Å². The Hall–Kier alpha value is -2.19. The zero-order chi connectivity index (χ0) is 16.3. The molecule has 0 saturated carbocycles. The van der Waals surface area contributed by atoms with Crippen molar-refractivity contribution in [3.63, 3.8) is 0 Å². The Bertz CT molecular complexity index is 769. The predicted octanol–water partition coefficient (Wildman–Crippen LogP) is 2.31. The molecule has 3 rings (SSSR count). The normalized spacial score (nSPS) is 11.6. The Labute approximate surface area is 135 Å². The Balaban J connectivity index is 2.19. The minimum atomic E-state index is -2.99. The molecule has 23 heavy (non-hydrogen) atoms. The largest absolute Gasteiger partial charge is 0.364 e. The average molecular weight is 324 g/mol. The van der Waals surface area contributed by atoms with Gasteiger partial charge >= 0.3 is 0 Å². The molecule has 0 unspecified atom stereocenters. The number of aliphatic hydroxyl groups excluding tert-OH is 1. The summed E-state index contributed by atoms with van der Waals surface area (Å²) in [4.78, 5) is 0. The highest BCUT2D eigenvalue weighted by Crippen LogP contribution is 2.42. The zero-order valence-electron chi connectivity index (χ0n) is 12.4. The van der Waals surface area contributed by atoms with Gasteiger partial charge in [0.15, 0.2) is 13.4 Å². The Morgan fingerprint density at radius 2 is 1.00 bits per heavy atom. The van der Waals surface area contributed by atoms with Gasteiger partial charge in [-0.1, -0.05) is 84.9 Å². The van der Waals surface area contributed by atoms with Crippen LogP contribution < -0.4 is 15.9 Å². The lowest BCUT2D eigenvalue weighted by atomic mass is 10.2. The van der Waals surface area contributed by atoms with Gasteiger partial charge in [0, 0.05) is 21.5 Å². The Morgan fingerprint density at radius 1 is 0.609 bits per heavy atom. The van der Waals surface area contributed by atoms with E-state index >= 15 is 0 Å². The molecule has 0 atom stereocenters. The van der Waals surface area contributed by atoms with Gasteiger partial charge in [0.25, 0.3) is 0 Å². The van der Waals surface area contributed by atoms with E-state index in [1.54, 1.807) is 24.3 Å². The second-order valence-corrected chi connectivity index (χ2v) is 8.01. The number of benzene rings is 3. The van der Waals surface area contributed by atoms with E-state index in [1.165, 1.54) is 0 Å². The third-order valence-electron chi connectivity index (χ3n) is 3.79. The summed E-state index contributed by atoms with van der Waals surface area (Å²) < 4.78 is 14.0. The highest BCUT2D eigenvalue weighted by atomic mass is 31.2. The monoisotopic (exact) mass is 324 g/mol. The van der Waals surface area contributed by atoms with Crippen LogP contribution in [0, 0.1) is 0 Å². The van der Waals surface area contributed by atoms with Crippen molar-refractivity contribution in [2.45, 2.75) is 6.29 Å². The number of hydrogen-bond acceptors (Lipinski definition) is 3. The van der Waals surface area contributed by atoms with Crippen LogP contribution >= 0.6 is 7.14 Å². The van der Waals surface area contributed by atoms with Crippen LogP contribution in [-0.4, -0.2) is 10.2 Å². The first-order valence-electron chi connectivity index (χ1n) is 7.30. The van der Waals surface area contributed by atoms with Gasteiger partial charge in [-0.3, -0.25) is 0 Å². The fraction of sp³-hybridized carbons (Fsp3) is 0.0526. The van der Waals surface area contributed by atoms with Crippen LogP contribution in [0.4, 0.5) is 0 Å². The molecule has 0 aliphatic carbocycles. The summed E-state index contributed by atoms with van der Waals surface area (Å²) in [6, 6.07) is 25.3. The summed E-state index contributed by atoms with van der Waals surface area (Å²) in [7, 11) is -2.99. The lowest BCUT2D eigenvalue weighted by Crippen LogP contribution is -2.25. The first-order chi connectivity index (χ1) is 11.1. The highest BCUT2D eigenvalue weighted by molar-refractivity contribution is 7.85. The van der Waals surface area contributed by atoms with E-state index in [-0.39, 0.29) is 0 Å². The maximum atomic E-state index is 14.0. The van der Waals surface area contributed by atoms with Gasteiger partial charge in [0.2, 0.25) is 0 Å². The average Bonchev–Trinajstić information content (AvgIpc) is 2.62. The van der Waals surface area contributed by atoms with Crippen LogP contribution in [0.3, 0.4) is 0 Å². The molecule has 4 heteroatoms. The predicted molar refractivity (Wildman–Crippen MR) is 93.0 cm³/mol. The van der Waals surface area contributed by atoms with Crippen molar-refractivity contribution in [3.8, 4) is 0 Å². The molecule has 3 aromatic rings. The van der Waals surface area contributed by atoms with Crippen molar-refractivity contribution in [1.29, 1.82) is 0 Å². The quantitative estimate of drug-likeness (QED) is 0.572. The molecule has 0 spiro atoms. The second kappa shape index (κ2) is 6.51. The SMILES string of the molecule is O=P(c1ccccc1)(c1ccccc1)c1ccc(C(O)O)cc1. The molecule has 0 aliphatic rings. The van der Waals surface area contributed by atoms with Crippen molar-refractivity contribution < 1.29 is 14.8 Å². The third kappa shape index (κ3) is 2.99. The highest BCUT2D eigenvalue weighted by Gasteiger charge is 2.29. The molecule has 0 bridgehead atoms. The van der Waals surface area contributed by atoms with Crippen molar-refractivity contribution in [1.82, 2.24) is 0 Å². The first kappa shape index (κ1) is 15.7. The molecule has 0 fully saturated rings. The van der Waals surface area contributed by atoms with Gasteiger partial charge in [-0.15, -0.1) is 0 Å². The summed E-state index contributed by atoms with van der Waals surface area (Å²) in [6.07, 6.45) is -1.53. The first-order valence-corrected chi connectivity index (χ1v) is 9.01. The molecule has 116 valence electrons. The van der Waals surface area contributed by atoms with Crippen LogP contribution in [0.15, 0.2) is 84.9 Å². The number of aliphatic hydroxyl groups is 2. The molecule has 2 N–H and O–H groups in total. The molecule has 3 nitrogen and oxygen atoms in total. The maximum absolute atomic E-state index is 14.0. The van der Waals surface area contributed by atoms with E-state index in [9.17, 15) is 14.8 Å². The van der Waals surface area contributed by atoms with E-state index in [0.717, 1.165) is 10.6 Å². The van der Waals surface area contributed by atoms with Crippen molar-refractivity contribution >= 4 is 23.1 Å². The smallest absolute Gasteiger partial charge is 0.178 e. The minimum absolute atomic E-state index is 0.376. The molecule has 3 aromatic carbocycles. The lowest BCUT2D eigenvalue weighted by Gasteiger charge is -2.20. The van der Waals surface area contributed by atoms with E-state index in [1.807, 2.05) is 60.7 Å². The number of rotatable bonds is 4. The standard InChI is InChI=1S/C19H17O3P/c20-19(21)15-11-13-18(14-12-15)23(22,16-7-3-1-4-8-16)17-9-5-2-6-10-17/h1-14,19-21H. The van der Waals surface area contributed by atoms with Crippen LogP contribution in [0.1, 0.15) is 11.9 Å². The van der Waals surface area contributed by atoms with E-state index in [4.69, 9.17) is 0 Å². The van der Waals surface area contributed by atoms with Crippen LogP contribution in [-0.2, 0) is 4.57 Å². The van der Waals surface area contributed by atoms with Gasteiger partial charge < -0.3 is 14.8 Å². The van der Waals surface area contributed by atoms with Gasteiger partial charge in [-0.2, -0.15) is 0 Å². The third-order valence-corrected chi connectivity index (χ3v) is 6.87.